The average molecular weight is 411 g/mol. The summed E-state index contributed by atoms with van der Waals surface area (Å²) in [4.78, 5) is 36.4. The van der Waals surface area contributed by atoms with E-state index in [1.807, 2.05) is 0 Å². The summed E-state index contributed by atoms with van der Waals surface area (Å²) in [5.41, 5.74) is 2.17. The number of carbonyl (C=O) groups is 2. The molecule has 0 spiro atoms. The predicted molar refractivity (Wildman–Crippen MR) is 109 cm³/mol. The molecule has 29 heavy (non-hydrogen) atoms. The number of aromatic nitrogens is 1. The number of rotatable bonds is 4. The Balaban J connectivity index is 1.74. The first-order valence-electron chi connectivity index (χ1n) is 9.34. The van der Waals surface area contributed by atoms with Gasteiger partial charge in [0.2, 0.25) is 5.91 Å². The van der Waals surface area contributed by atoms with Crippen molar-refractivity contribution in [3.63, 3.8) is 0 Å². The number of thiophene rings is 1. The summed E-state index contributed by atoms with van der Waals surface area (Å²) in [7, 11) is 3.26. The summed E-state index contributed by atoms with van der Waals surface area (Å²) in [5, 5.41) is 10.1. The highest BCUT2D eigenvalue weighted by atomic mass is 32.1. The lowest BCUT2D eigenvalue weighted by molar-refractivity contribution is -0.119. The van der Waals surface area contributed by atoms with Gasteiger partial charge < -0.3 is 14.5 Å². The zero-order chi connectivity index (χ0) is 20.5. The largest absolute Gasteiger partial charge is 0.383 e. The molecule has 8 nitrogen and oxygen atoms in total. The number of ether oxygens (including phenoxy) is 1. The Labute approximate surface area is 172 Å². The van der Waals surface area contributed by atoms with E-state index in [0.29, 0.717) is 54.6 Å². The van der Waals surface area contributed by atoms with Crippen molar-refractivity contribution in [1.29, 1.82) is 5.26 Å². The van der Waals surface area contributed by atoms with Gasteiger partial charge in [-0.05, 0) is 24.1 Å². The lowest BCUT2D eigenvalue weighted by atomic mass is 10.0. The van der Waals surface area contributed by atoms with Crippen LogP contribution in [0.3, 0.4) is 0 Å². The molecule has 9 heteroatoms. The van der Waals surface area contributed by atoms with Crippen LogP contribution in [0.5, 0.6) is 0 Å². The van der Waals surface area contributed by atoms with Crippen molar-refractivity contribution in [3.8, 4) is 6.07 Å². The molecule has 0 aromatic carbocycles. The van der Waals surface area contributed by atoms with Gasteiger partial charge in [0.05, 0.1) is 30.8 Å². The first-order valence-corrected chi connectivity index (χ1v) is 10.2. The number of amides is 2. The molecule has 2 amide bonds. The number of methoxy groups -OCH3 is 1. The van der Waals surface area contributed by atoms with E-state index < -0.39 is 0 Å². The van der Waals surface area contributed by atoms with Crippen molar-refractivity contribution < 1.29 is 14.3 Å². The molecule has 0 bridgehead atoms. The van der Waals surface area contributed by atoms with Crippen LogP contribution in [-0.4, -0.2) is 62.1 Å². The molecule has 4 heterocycles. The van der Waals surface area contributed by atoms with Crippen LogP contribution < -0.4 is 9.80 Å². The van der Waals surface area contributed by atoms with E-state index in [1.54, 1.807) is 37.4 Å². The van der Waals surface area contributed by atoms with Gasteiger partial charge in [0, 0.05) is 31.8 Å². The van der Waals surface area contributed by atoms with E-state index >= 15 is 0 Å². The molecular weight excluding hydrogens is 390 g/mol. The standard InChI is InChI=1S/C20H21N5O3S/c1-23-12-16(26)25(8-9-28-2)20-17(19(23)27)14-5-7-24(11-15(14)29-20)18-13(10-21)4-3-6-22-18/h3-4,6H,5,7-9,11-12H2,1-2H3. The number of hydrogen-bond acceptors (Lipinski definition) is 7. The summed E-state index contributed by atoms with van der Waals surface area (Å²) in [5.74, 6) is 0.429. The van der Waals surface area contributed by atoms with Crippen LogP contribution in [0.15, 0.2) is 18.3 Å². The third-order valence-electron chi connectivity index (χ3n) is 5.24. The van der Waals surface area contributed by atoms with Crippen LogP contribution in [0.1, 0.15) is 26.4 Å². The highest BCUT2D eigenvalue weighted by molar-refractivity contribution is 7.17. The van der Waals surface area contributed by atoms with Gasteiger partial charge in [0.15, 0.2) is 0 Å². The van der Waals surface area contributed by atoms with Crippen LogP contribution in [0, 0.1) is 11.3 Å². The minimum Gasteiger partial charge on any atom is -0.383 e. The van der Waals surface area contributed by atoms with E-state index in [9.17, 15) is 14.9 Å². The Morgan fingerprint density at radius 1 is 1.34 bits per heavy atom. The lowest BCUT2D eigenvalue weighted by Gasteiger charge is -2.29. The van der Waals surface area contributed by atoms with E-state index in [2.05, 4.69) is 16.0 Å². The number of anilines is 2. The van der Waals surface area contributed by atoms with E-state index in [-0.39, 0.29) is 18.4 Å². The van der Waals surface area contributed by atoms with Crippen LogP contribution >= 0.6 is 11.3 Å². The zero-order valence-corrected chi connectivity index (χ0v) is 17.2. The Kier molecular flexibility index (Phi) is 5.22. The molecule has 2 aromatic rings. The third-order valence-corrected chi connectivity index (χ3v) is 6.48. The second kappa shape index (κ2) is 7.81. The fourth-order valence-corrected chi connectivity index (χ4v) is 5.19. The van der Waals surface area contributed by atoms with Crippen molar-refractivity contribution in [1.82, 2.24) is 9.88 Å². The highest BCUT2D eigenvalue weighted by Gasteiger charge is 2.37. The number of nitrogens with zero attached hydrogens (tertiary/aromatic N) is 5. The molecular formula is C20H21N5O3S. The van der Waals surface area contributed by atoms with E-state index in [0.717, 1.165) is 10.4 Å². The Morgan fingerprint density at radius 2 is 2.17 bits per heavy atom. The number of nitriles is 1. The molecule has 0 radical (unpaired) electrons. The summed E-state index contributed by atoms with van der Waals surface area (Å²) in [6, 6.07) is 5.70. The number of likely N-dealkylation sites (N-methyl/N-ethyl adjacent to an activating group) is 1. The summed E-state index contributed by atoms with van der Waals surface area (Å²) >= 11 is 1.48. The number of carbonyl (C=O) groups excluding carboxylic acids is 2. The minimum atomic E-state index is -0.116. The van der Waals surface area contributed by atoms with Crippen LogP contribution in [0.25, 0.3) is 0 Å². The Morgan fingerprint density at radius 3 is 2.93 bits per heavy atom. The maximum absolute atomic E-state index is 13.0. The summed E-state index contributed by atoms with van der Waals surface area (Å²) in [6.45, 7) is 2.08. The molecule has 2 aliphatic rings. The van der Waals surface area contributed by atoms with E-state index in [1.165, 1.54) is 16.2 Å². The molecule has 4 rings (SSSR count). The predicted octanol–water partition coefficient (Wildman–Crippen LogP) is 1.64. The van der Waals surface area contributed by atoms with Gasteiger partial charge in [0.25, 0.3) is 5.91 Å². The SMILES string of the molecule is COCCN1C(=O)CN(C)C(=O)c2c1sc1c2CCN(c2ncccc2C#N)C1. The molecule has 2 aliphatic heterocycles. The number of hydrogen-bond donors (Lipinski definition) is 0. The fraction of sp³-hybridized carbons (Fsp3) is 0.400. The van der Waals surface area contributed by atoms with Crippen molar-refractivity contribution in [2.24, 2.45) is 0 Å². The summed E-state index contributed by atoms with van der Waals surface area (Å²) < 4.78 is 5.17. The Hall–Kier alpha value is -2.96. The maximum Gasteiger partial charge on any atom is 0.257 e. The molecule has 0 aliphatic carbocycles. The molecule has 0 unspecified atom stereocenters. The molecule has 2 aromatic heterocycles. The molecule has 0 fully saturated rings. The molecule has 0 saturated heterocycles. The smallest absolute Gasteiger partial charge is 0.257 e. The van der Waals surface area contributed by atoms with Gasteiger partial charge in [-0.25, -0.2) is 4.98 Å². The third kappa shape index (κ3) is 3.34. The lowest BCUT2D eigenvalue weighted by Crippen LogP contribution is -2.39. The average Bonchev–Trinajstić information content (AvgIpc) is 3.07. The van der Waals surface area contributed by atoms with Gasteiger partial charge in [-0.1, -0.05) is 0 Å². The molecule has 0 N–H and O–H groups in total. The van der Waals surface area contributed by atoms with Crippen LogP contribution in [0.4, 0.5) is 10.8 Å². The topological polar surface area (TPSA) is 89.8 Å². The van der Waals surface area contributed by atoms with Crippen molar-refractivity contribution in [2.75, 3.05) is 50.2 Å². The fourth-order valence-electron chi connectivity index (χ4n) is 3.79. The Bertz CT molecular complexity index is 1010. The first-order chi connectivity index (χ1) is 14.0. The van der Waals surface area contributed by atoms with Crippen molar-refractivity contribution >= 4 is 34.0 Å². The molecule has 0 saturated carbocycles. The monoisotopic (exact) mass is 411 g/mol. The summed E-state index contributed by atoms with van der Waals surface area (Å²) in [6.07, 6.45) is 2.34. The van der Waals surface area contributed by atoms with Crippen molar-refractivity contribution in [3.05, 3.63) is 39.9 Å². The number of pyridine rings is 1. The van der Waals surface area contributed by atoms with Crippen LogP contribution in [0.2, 0.25) is 0 Å². The minimum absolute atomic E-state index is 0.0598. The maximum atomic E-state index is 13.0. The van der Waals surface area contributed by atoms with E-state index in [4.69, 9.17) is 4.74 Å². The highest BCUT2D eigenvalue weighted by Crippen LogP contribution is 2.42. The second-order valence-electron chi connectivity index (χ2n) is 7.04. The normalized spacial score (nSPS) is 16.4. The molecule has 0 atom stereocenters. The zero-order valence-electron chi connectivity index (χ0n) is 16.3. The van der Waals surface area contributed by atoms with Crippen LogP contribution in [-0.2, 0) is 22.5 Å². The molecule has 150 valence electrons. The van der Waals surface area contributed by atoms with Gasteiger partial charge in [0.1, 0.15) is 23.4 Å². The van der Waals surface area contributed by atoms with Gasteiger partial charge >= 0.3 is 0 Å². The van der Waals surface area contributed by atoms with Gasteiger partial charge in [-0.3, -0.25) is 14.5 Å². The van der Waals surface area contributed by atoms with Gasteiger partial charge in [-0.2, -0.15) is 5.26 Å². The number of fused-ring (bicyclic) bond motifs is 3. The second-order valence-corrected chi connectivity index (χ2v) is 8.12. The van der Waals surface area contributed by atoms with Crippen molar-refractivity contribution in [2.45, 2.75) is 13.0 Å². The van der Waals surface area contributed by atoms with Gasteiger partial charge in [-0.15, -0.1) is 11.3 Å². The first kappa shape index (κ1) is 19.4. The quantitative estimate of drug-likeness (QED) is 0.760.